The molecule has 0 radical (unpaired) electrons. The smallest absolute Gasteiger partial charge is 0.338 e. The van der Waals surface area contributed by atoms with Gasteiger partial charge in [0.1, 0.15) is 6.61 Å². The second kappa shape index (κ2) is 13.5. The monoisotopic (exact) mass is 480 g/mol. The minimum atomic E-state index is -0.947. The number of hydroxylamine groups is 2. The Morgan fingerprint density at radius 2 is 1.69 bits per heavy atom. The average molecular weight is 481 g/mol. The number of primary amides is 1. The number of carbonyl (C=O) groups is 2. The molecule has 2 amide bonds. The normalized spacial score (nSPS) is 15.1. The number of urea groups is 1. The van der Waals surface area contributed by atoms with Crippen molar-refractivity contribution >= 4 is 12.0 Å². The van der Waals surface area contributed by atoms with Crippen LogP contribution in [0, 0.1) is 11.8 Å². The lowest BCUT2D eigenvalue weighted by molar-refractivity contribution is -0.142. The molecule has 1 fully saturated rings. The topological polar surface area (TPSA) is 120 Å². The summed E-state index contributed by atoms with van der Waals surface area (Å²) in [5.41, 5.74) is 8.24. The first kappa shape index (κ1) is 26.2. The summed E-state index contributed by atoms with van der Waals surface area (Å²) < 4.78 is 5.18. The van der Waals surface area contributed by atoms with Crippen molar-refractivity contribution in [2.45, 2.75) is 12.5 Å². The van der Waals surface area contributed by atoms with Gasteiger partial charge in [0, 0.05) is 44.7 Å². The molecule has 3 rings (SSSR count). The fourth-order valence-corrected chi connectivity index (χ4v) is 4.03. The second-order valence-corrected chi connectivity index (χ2v) is 8.27. The molecule has 1 saturated heterocycles. The van der Waals surface area contributed by atoms with Gasteiger partial charge in [-0.15, -0.1) is 0 Å². The molecule has 9 nitrogen and oxygen atoms in total. The third kappa shape index (κ3) is 8.38. The van der Waals surface area contributed by atoms with Crippen LogP contribution in [0.2, 0.25) is 0 Å². The van der Waals surface area contributed by atoms with Crippen molar-refractivity contribution in [1.82, 2.24) is 14.9 Å². The molecule has 0 spiro atoms. The molecule has 9 heteroatoms. The summed E-state index contributed by atoms with van der Waals surface area (Å²) in [6.07, 6.45) is 0.319. The summed E-state index contributed by atoms with van der Waals surface area (Å²) in [6, 6.07) is 17.8. The van der Waals surface area contributed by atoms with Gasteiger partial charge < -0.3 is 15.6 Å². The van der Waals surface area contributed by atoms with Gasteiger partial charge in [-0.05, 0) is 23.3 Å². The van der Waals surface area contributed by atoms with Crippen LogP contribution < -0.4 is 5.73 Å². The molecule has 1 atom stereocenters. The molecule has 1 aliphatic rings. The molecule has 1 aliphatic heterocycles. The summed E-state index contributed by atoms with van der Waals surface area (Å²) in [7, 11) is 0. The summed E-state index contributed by atoms with van der Waals surface area (Å²) in [4.78, 5) is 26.2. The fraction of sp³-hybridized carbons (Fsp3) is 0.385. The van der Waals surface area contributed by atoms with Crippen LogP contribution >= 0.6 is 0 Å². The third-order valence-electron chi connectivity index (χ3n) is 5.83. The Bertz CT molecular complexity index is 1010. The summed E-state index contributed by atoms with van der Waals surface area (Å²) >= 11 is 0. The maximum atomic E-state index is 10.8. The van der Waals surface area contributed by atoms with Crippen LogP contribution in [0.4, 0.5) is 4.79 Å². The maximum absolute atomic E-state index is 10.8. The predicted molar refractivity (Wildman–Crippen MR) is 131 cm³/mol. The molecular formula is C26H32N4O5. The van der Waals surface area contributed by atoms with Crippen molar-refractivity contribution in [3.05, 3.63) is 71.3 Å². The largest absolute Gasteiger partial charge is 0.480 e. The molecule has 0 saturated carbocycles. The minimum Gasteiger partial charge on any atom is -0.480 e. The van der Waals surface area contributed by atoms with Gasteiger partial charge in [-0.2, -0.15) is 0 Å². The zero-order valence-electron chi connectivity index (χ0n) is 19.7. The highest BCUT2D eigenvalue weighted by Crippen LogP contribution is 2.29. The van der Waals surface area contributed by atoms with Gasteiger partial charge in [0.15, 0.2) is 0 Å². The first-order valence-corrected chi connectivity index (χ1v) is 11.6. The van der Waals surface area contributed by atoms with E-state index in [9.17, 15) is 14.8 Å². The van der Waals surface area contributed by atoms with E-state index in [4.69, 9.17) is 15.6 Å². The Morgan fingerprint density at radius 1 is 1.03 bits per heavy atom. The Kier molecular flexibility index (Phi) is 10.1. The number of benzene rings is 2. The molecule has 2 aromatic rings. The molecule has 35 heavy (non-hydrogen) atoms. The SMILES string of the molecule is NC(=O)N(O)CCC#Cc1ccc([C@@H](c2ccccc2)N2CCN(CCOCC(=O)O)CC2)cc1. The highest BCUT2D eigenvalue weighted by atomic mass is 16.5. The van der Waals surface area contributed by atoms with Crippen LogP contribution in [0.3, 0.4) is 0 Å². The first-order valence-electron chi connectivity index (χ1n) is 11.6. The van der Waals surface area contributed by atoms with Crippen molar-refractivity contribution in [2.75, 3.05) is 52.5 Å². The second-order valence-electron chi connectivity index (χ2n) is 8.27. The highest BCUT2D eigenvalue weighted by Gasteiger charge is 2.26. The Morgan fingerprint density at radius 3 is 2.31 bits per heavy atom. The number of nitrogens with zero attached hydrogens (tertiary/aromatic N) is 3. The van der Waals surface area contributed by atoms with E-state index in [0.717, 1.165) is 38.3 Å². The molecule has 0 aromatic heterocycles. The van der Waals surface area contributed by atoms with Gasteiger partial charge in [0.05, 0.1) is 19.2 Å². The lowest BCUT2D eigenvalue weighted by Gasteiger charge is -2.39. The van der Waals surface area contributed by atoms with E-state index in [1.54, 1.807) is 0 Å². The van der Waals surface area contributed by atoms with Crippen molar-refractivity contribution in [2.24, 2.45) is 5.73 Å². The Balaban J connectivity index is 1.62. The lowest BCUT2D eigenvalue weighted by Crippen LogP contribution is -2.48. The minimum absolute atomic E-state index is 0.0637. The summed E-state index contributed by atoms with van der Waals surface area (Å²) in [6.45, 7) is 4.48. The summed E-state index contributed by atoms with van der Waals surface area (Å²) in [5, 5.41) is 18.4. The van der Waals surface area contributed by atoms with E-state index in [-0.39, 0.29) is 19.2 Å². The van der Waals surface area contributed by atoms with Crippen LogP contribution in [0.15, 0.2) is 54.6 Å². The molecule has 2 aromatic carbocycles. The van der Waals surface area contributed by atoms with Crippen molar-refractivity contribution in [3.63, 3.8) is 0 Å². The number of aliphatic carboxylic acids is 1. The van der Waals surface area contributed by atoms with E-state index >= 15 is 0 Å². The number of carbonyl (C=O) groups excluding carboxylic acids is 1. The predicted octanol–water partition coefficient (Wildman–Crippen LogP) is 2.01. The number of ether oxygens (including phenoxy) is 1. The Labute approximate surface area is 205 Å². The number of nitrogens with two attached hydrogens (primary N) is 1. The molecule has 1 heterocycles. The number of carboxylic acids is 1. The molecule has 0 unspecified atom stereocenters. The van der Waals surface area contributed by atoms with E-state index in [1.807, 2.05) is 18.2 Å². The zero-order valence-corrected chi connectivity index (χ0v) is 19.7. The number of rotatable bonds is 10. The highest BCUT2D eigenvalue weighted by molar-refractivity contribution is 5.70. The maximum Gasteiger partial charge on any atom is 0.338 e. The van der Waals surface area contributed by atoms with E-state index < -0.39 is 12.0 Å². The number of hydrogen-bond acceptors (Lipinski definition) is 6. The molecular weight excluding hydrogens is 448 g/mol. The van der Waals surface area contributed by atoms with Crippen molar-refractivity contribution in [1.29, 1.82) is 0 Å². The van der Waals surface area contributed by atoms with Gasteiger partial charge in [-0.25, -0.2) is 14.7 Å². The average Bonchev–Trinajstić information content (AvgIpc) is 2.87. The van der Waals surface area contributed by atoms with Gasteiger partial charge in [-0.3, -0.25) is 15.0 Å². The number of amides is 2. The quantitative estimate of drug-likeness (QED) is 0.206. The lowest BCUT2D eigenvalue weighted by atomic mass is 9.95. The van der Waals surface area contributed by atoms with Crippen LogP contribution in [-0.4, -0.2) is 89.7 Å². The number of piperazine rings is 1. The fourth-order valence-electron chi connectivity index (χ4n) is 4.03. The van der Waals surface area contributed by atoms with Crippen LogP contribution in [-0.2, 0) is 9.53 Å². The molecule has 0 aliphatic carbocycles. The zero-order chi connectivity index (χ0) is 25.0. The van der Waals surface area contributed by atoms with E-state index in [1.165, 1.54) is 11.1 Å². The van der Waals surface area contributed by atoms with Gasteiger partial charge in [-0.1, -0.05) is 54.3 Å². The third-order valence-corrected chi connectivity index (χ3v) is 5.83. The summed E-state index contributed by atoms with van der Waals surface area (Å²) in [5.74, 6) is 5.05. The Hall–Kier alpha value is -3.42. The molecule has 0 bridgehead atoms. The number of carboxylic acid groups (broad SMARTS) is 1. The standard InChI is InChI=1S/C26H32N4O5/c27-26(33)30(34)13-5-4-6-21-9-11-23(12-10-21)25(22-7-2-1-3-8-22)29-16-14-28(15-17-29)18-19-35-20-24(31)32/h1-3,7-12,25,34H,5,13-20H2,(H2,27,33)(H,31,32)/t25-/m1/s1. The van der Waals surface area contributed by atoms with Crippen LogP contribution in [0.5, 0.6) is 0 Å². The van der Waals surface area contributed by atoms with Crippen molar-refractivity contribution < 1.29 is 24.6 Å². The van der Waals surface area contributed by atoms with Crippen LogP contribution in [0.1, 0.15) is 29.2 Å². The first-order chi connectivity index (χ1) is 16.9. The van der Waals surface area contributed by atoms with Crippen molar-refractivity contribution in [3.8, 4) is 11.8 Å². The number of hydrogen-bond donors (Lipinski definition) is 3. The molecule has 4 N–H and O–H groups in total. The van der Waals surface area contributed by atoms with E-state index in [0.29, 0.717) is 18.1 Å². The van der Waals surface area contributed by atoms with Gasteiger partial charge in [0.2, 0.25) is 0 Å². The molecule has 186 valence electrons. The van der Waals surface area contributed by atoms with Gasteiger partial charge in [0.25, 0.3) is 0 Å². The van der Waals surface area contributed by atoms with Gasteiger partial charge >= 0.3 is 12.0 Å². The van der Waals surface area contributed by atoms with Crippen LogP contribution in [0.25, 0.3) is 0 Å². The van der Waals surface area contributed by atoms with E-state index in [2.05, 4.69) is 58.0 Å².